The van der Waals surface area contributed by atoms with Crippen LogP contribution in [0.2, 0.25) is 0 Å². The van der Waals surface area contributed by atoms with Crippen LogP contribution in [0.15, 0.2) is 60.9 Å². The van der Waals surface area contributed by atoms with E-state index in [2.05, 4.69) is 22.4 Å². The minimum absolute atomic E-state index is 0.00987. The molecular weight excluding hydrogens is 338 g/mol. The molecule has 2 aromatic carbocycles. The number of carbonyl (C=O) groups is 1. The molecule has 2 heterocycles. The van der Waals surface area contributed by atoms with Crippen molar-refractivity contribution in [2.45, 2.75) is 25.9 Å². The third-order valence-electron chi connectivity index (χ3n) is 4.90. The largest absolute Gasteiger partial charge is 0.497 e. The molecule has 1 atom stereocenters. The second-order valence-electron chi connectivity index (χ2n) is 6.90. The highest BCUT2D eigenvalue weighted by Crippen LogP contribution is 2.22. The van der Waals surface area contributed by atoms with Gasteiger partial charge in [-0.2, -0.15) is 0 Å². The maximum absolute atomic E-state index is 12.5. The summed E-state index contributed by atoms with van der Waals surface area (Å²) >= 11 is 0. The topological polar surface area (TPSA) is 59.0 Å². The number of amides is 1. The Labute approximate surface area is 157 Å². The molecule has 0 fully saturated rings. The molecule has 27 heavy (non-hydrogen) atoms. The Kier molecular flexibility index (Phi) is 4.59. The molecule has 4 rings (SSSR count). The number of fused-ring (bicyclic) bond motifs is 2. The number of hydrogen-bond donors (Lipinski definition) is 2. The van der Waals surface area contributed by atoms with Crippen LogP contribution in [0.25, 0.3) is 21.8 Å². The lowest BCUT2D eigenvalue weighted by Gasteiger charge is -2.14. The number of aromatic nitrogens is 2. The molecular formula is C22H23N3O2. The smallest absolute Gasteiger partial charge is 0.240 e. The summed E-state index contributed by atoms with van der Waals surface area (Å²) in [4.78, 5) is 15.8. The summed E-state index contributed by atoms with van der Waals surface area (Å²) in [5, 5.41) is 5.39. The number of para-hydroxylation sites is 1. The van der Waals surface area contributed by atoms with Crippen molar-refractivity contribution in [1.82, 2.24) is 14.9 Å². The molecule has 0 saturated heterocycles. The molecule has 0 spiro atoms. The van der Waals surface area contributed by atoms with Gasteiger partial charge in [-0.05, 0) is 49.2 Å². The summed E-state index contributed by atoms with van der Waals surface area (Å²) in [6.45, 7) is 2.34. The molecule has 1 unspecified atom stereocenters. The fraction of sp³-hybridized carbons (Fsp3) is 0.227. The highest BCUT2D eigenvalue weighted by molar-refractivity contribution is 5.85. The van der Waals surface area contributed by atoms with E-state index >= 15 is 0 Å². The Morgan fingerprint density at radius 2 is 2.07 bits per heavy atom. The van der Waals surface area contributed by atoms with Gasteiger partial charge in [-0.25, -0.2) is 0 Å². The summed E-state index contributed by atoms with van der Waals surface area (Å²) < 4.78 is 7.22. The van der Waals surface area contributed by atoms with Gasteiger partial charge in [0.1, 0.15) is 12.3 Å². The van der Waals surface area contributed by atoms with Crippen LogP contribution < -0.4 is 10.1 Å². The van der Waals surface area contributed by atoms with Crippen molar-refractivity contribution >= 4 is 27.7 Å². The van der Waals surface area contributed by atoms with E-state index in [4.69, 9.17) is 4.74 Å². The lowest BCUT2D eigenvalue weighted by Crippen LogP contribution is -2.36. The number of H-pyrrole nitrogens is 1. The quantitative estimate of drug-likeness (QED) is 0.548. The van der Waals surface area contributed by atoms with E-state index in [1.165, 1.54) is 10.9 Å². The Hall–Kier alpha value is -3.21. The van der Waals surface area contributed by atoms with Gasteiger partial charge in [-0.15, -0.1) is 0 Å². The Bertz CT molecular complexity index is 1090. The van der Waals surface area contributed by atoms with Gasteiger partial charge in [0.15, 0.2) is 0 Å². The fourth-order valence-corrected chi connectivity index (χ4v) is 3.60. The first-order chi connectivity index (χ1) is 13.1. The van der Waals surface area contributed by atoms with Gasteiger partial charge < -0.3 is 19.6 Å². The maximum Gasteiger partial charge on any atom is 0.240 e. The average molecular weight is 361 g/mol. The van der Waals surface area contributed by atoms with Gasteiger partial charge >= 0.3 is 0 Å². The third kappa shape index (κ3) is 3.53. The van der Waals surface area contributed by atoms with E-state index in [9.17, 15) is 4.79 Å². The standard InChI is InChI=1S/C22H23N3O2/c1-15(11-17-13-23-20-6-4-3-5-19(17)20)24-22(26)14-25-10-9-16-12-18(27-2)7-8-21(16)25/h3-10,12-13,15,23H,11,14H2,1-2H3,(H,24,26). The number of aromatic amines is 1. The molecule has 2 N–H and O–H groups in total. The van der Waals surface area contributed by atoms with E-state index in [1.807, 2.05) is 60.3 Å². The minimum Gasteiger partial charge on any atom is -0.497 e. The van der Waals surface area contributed by atoms with Crippen LogP contribution in [0.3, 0.4) is 0 Å². The van der Waals surface area contributed by atoms with Gasteiger partial charge in [-0.3, -0.25) is 4.79 Å². The van der Waals surface area contributed by atoms with Crippen LogP contribution in [0.5, 0.6) is 5.75 Å². The molecule has 5 heteroatoms. The van der Waals surface area contributed by atoms with Crippen molar-refractivity contribution < 1.29 is 9.53 Å². The van der Waals surface area contributed by atoms with Gasteiger partial charge in [0.2, 0.25) is 5.91 Å². The predicted molar refractivity (Wildman–Crippen MR) is 108 cm³/mol. The second kappa shape index (κ2) is 7.19. The number of methoxy groups -OCH3 is 1. The van der Waals surface area contributed by atoms with Crippen LogP contribution in [0.1, 0.15) is 12.5 Å². The average Bonchev–Trinajstić information content (AvgIpc) is 3.25. The van der Waals surface area contributed by atoms with Crippen molar-refractivity contribution in [1.29, 1.82) is 0 Å². The summed E-state index contributed by atoms with van der Waals surface area (Å²) in [6.07, 6.45) is 4.76. The second-order valence-corrected chi connectivity index (χ2v) is 6.90. The molecule has 0 aliphatic rings. The monoisotopic (exact) mass is 361 g/mol. The molecule has 0 radical (unpaired) electrons. The Morgan fingerprint density at radius 3 is 2.93 bits per heavy atom. The molecule has 138 valence electrons. The first-order valence-corrected chi connectivity index (χ1v) is 9.11. The van der Waals surface area contributed by atoms with Crippen molar-refractivity contribution in [3.05, 3.63) is 66.5 Å². The summed E-state index contributed by atoms with van der Waals surface area (Å²) in [7, 11) is 1.65. The van der Waals surface area contributed by atoms with E-state index < -0.39 is 0 Å². The van der Waals surface area contributed by atoms with Crippen LogP contribution in [0.4, 0.5) is 0 Å². The number of benzene rings is 2. The lowest BCUT2D eigenvalue weighted by molar-refractivity contribution is -0.122. The van der Waals surface area contributed by atoms with Crippen molar-refractivity contribution in [2.75, 3.05) is 7.11 Å². The van der Waals surface area contributed by atoms with E-state index in [1.54, 1.807) is 7.11 Å². The molecule has 4 aromatic rings. The van der Waals surface area contributed by atoms with Gasteiger partial charge in [-0.1, -0.05) is 18.2 Å². The summed E-state index contributed by atoms with van der Waals surface area (Å²) in [6, 6.07) is 16.2. The minimum atomic E-state index is 0.00987. The molecule has 0 bridgehead atoms. The van der Waals surface area contributed by atoms with E-state index in [0.717, 1.165) is 28.6 Å². The lowest BCUT2D eigenvalue weighted by atomic mass is 10.1. The zero-order valence-corrected chi connectivity index (χ0v) is 15.5. The number of hydrogen-bond acceptors (Lipinski definition) is 2. The Morgan fingerprint density at radius 1 is 1.22 bits per heavy atom. The van der Waals surface area contributed by atoms with Crippen molar-refractivity contribution in [2.24, 2.45) is 0 Å². The maximum atomic E-state index is 12.5. The SMILES string of the molecule is COc1ccc2c(ccn2CC(=O)NC(C)Cc2c[nH]c3ccccc23)c1. The Balaban J connectivity index is 1.42. The van der Waals surface area contributed by atoms with Gasteiger partial charge in [0.05, 0.1) is 7.11 Å². The normalized spacial score (nSPS) is 12.4. The molecule has 2 aromatic heterocycles. The van der Waals surface area contributed by atoms with Crippen molar-refractivity contribution in [3.63, 3.8) is 0 Å². The van der Waals surface area contributed by atoms with Gasteiger partial charge in [0.25, 0.3) is 0 Å². The third-order valence-corrected chi connectivity index (χ3v) is 4.90. The zero-order valence-electron chi connectivity index (χ0n) is 15.5. The highest BCUT2D eigenvalue weighted by Gasteiger charge is 2.12. The highest BCUT2D eigenvalue weighted by atomic mass is 16.5. The molecule has 1 amide bonds. The van der Waals surface area contributed by atoms with Crippen LogP contribution in [-0.2, 0) is 17.8 Å². The number of nitrogens with one attached hydrogen (secondary N) is 2. The number of nitrogens with zero attached hydrogens (tertiary/aromatic N) is 1. The van der Waals surface area contributed by atoms with Crippen LogP contribution >= 0.6 is 0 Å². The first kappa shape index (κ1) is 17.2. The number of rotatable bonds is 6. The van der Waals surface area contributed by atoms with E-state index in [0.29, 0.717) is 6.54 Å². The first-order valence-electron chi connectivity index (χ1n) is 9.11. The molecule has 0 aliphatic carbocycles. The molecule has 5 nitrogen and oxygen atoms in total. The van der Waals surface area contributed by atoms with Crippen LogP contribution in [0, 0.1) is 0 Å². The van der Waals surface area contributed by atoms with Gasteiger partial charge in [0, 0.05) is 40.2 Å². The summed E-state index contributed by atoms with van der Waals surface area (Å²) in [5.41, 5.74) is 3.37. The fourth-order valence-electron chi connectivity index (χ4n) is 3.60. The number of ether oxygens (including phenoxy) is 1. The number of carbonyl (C=O) groups excluding carboxylic acids is 1. The molecule has 0 saturated carbocycles. The van der Waals surface area contributed by atoms with Crippen LogP contribution in [-0.4, -0.2) is 28.6 Å². The predicted octanol–water partition coefficient (Wildman–Crippen LogP) is 3.88. The summed E-state index contributed by atoms with van der Waals surface area (Å²) in [5.74, 6) is 0.827. The van der Waals surface area contributed by atoms with E-state index in [-0.39, 0.29) is 11.9 Å². The van der Waals surface area contributed by atoms with Crippen molar-refractivity contribution in [3.8, 4) is 5.75 Å². The zero-order chi connectivity index (χ0) is 18.8. The molecule has 0 aliphatic heterocycles.